The van der Waals surface area contributed by atoms with Gasteiger partial charge in [0, 0.05) is 18.2 Å². The van der Waals surface area contributed by atoms with Crippen LogP contribution in [0.5, 0.6) is 11.5 Å². The highest BCUT2D eigenvalue weighted by Crippen LogP contribution is 2.48. The molecule has 27 heavy (non-hydrogen) atoms. The Bertz CT molecular complexity index is 828. The van der Waals surface area contributed by atoms with E-state index in [1.807, 2.05) is 48.5 Å². The summed E-state index contributed by atoms with van der Waals surface area (Å²) in [7, 11) is -3.25. The molecule has 2 aromatic rings. The van der Waals surface area contributed by atoms with E-state index in [-0.39, 0.29) is 13.0 Å². The first-order valence-corrected chi connectivity index (χ1v) is 10.7. The molecule has 0 spiro atoms. The van der Waals surface area contributed by atoms with Crippen LogP contribution >= 0.6 is 7.60 Å². The zero-order valence-electron chi connectivity index (χ0n) is 15.6. The molecule has 0 amide bonds. The summed E-state index contributed by atoms with van der Waals surface area (Å²) in [5.41, 5.74) is 2.52. The van der Waals surface area contributed by atoms with Crippen LogP contribution in [-0.4, -0.2) is 31.9 Å². The quantitative estimate of drug-likeness (QED) is 0.446. The molecule has 0 radical (unpaired) electrons. The highest BCUT2D eigenvalue weighted by molar-refractivity contribution is 7.54. The second-order valence-electron chi connectivity index (χ2n) is 5.98. The van der Waals surface area contributed by atoms with E-state index in [1.54, 1.807) is 13.8 Å². The van der Waals surface area contributed by atoms with Crippen molar-refractivity contribution in [3.63, 3.8) is 0 Å². The summed E-state index contributed by atoms with van der Waals surface area (Å²) in [4.78, 5) is 4.73. The zero-order chi connectivity index (χ0) is 19.1. The van der Waals surface area contributed by atoms with Crippen molar-refractivity contribution in [2.24, 2.45) is 4.99 Å². The number of fused-ring (bicyclic) bond motifs is 1. The number of rotatable bonds is 9. The minimum Gasteiger partial charge on any atom is -0.454 e. The first-order valence-electron chi connectivity index (χ1n) is 9.00. The molecule has 144 valence electrons. The lowest BCUT2D eigenvalue weighted by atomic mass is 10.1. The van der Waals surface area contributed by atoms with Gasteiger partial charge in [-0.15, -0.1) is 0 Å². The van der Waals surface area contributed by atoms with Gasteiger partial charge in [0.2, 0.25) is 6.79 Å². The fourth-order valence-electron chi connectivity index (χ4n) is 2.85. The summed E-state index contributed by atoms with van der Waals surface area (Å²) in [6.45, 7) is 4.46. The van der Waals surface area contributed by atoms with Gasteiger partial charge in [-0.2, -0.15) is 0 Å². The minimum atomic E-state index is -3.25. The van der Waals surface area contributed by atoms with Crippen molar-refractivity contribution in [3.05, 3.63) is 54.1 Å². The molecule has 0 unspecified atom stereocenters. The molecule has 0 saturated carbocycles. The Labute approximate surface area is 159 Å². The van der Waals surface area contributed by atoms with E-state index in [2.05, 4.69) is 0 Å². The Morgan fingerprint density at radius 2 is 1.74 bits per heavy atom. The van der Waals surface area contributed by atoms with E-state index in [9.17, 15) is 4.57 Å². The predicted molar refractivity (Wildman–Crippen MR) is 106 cm³/mol. The van der Waals surface area contributed by atoms with Crippen molar-refractivity contribution in [2.75, 3.05) is 26.2 Å². The van der Waals surface area contributed by atoms with Crippen molar-refractivity contribution in [1.82, 2.24) is 0 Å². The van der Waals surface area contributed by atoms with Gasteiger partial charge in [0.25, 0.3) is 0 Å². The molecule has 2 aromatic carbocycles. The smallest absolute Gasteiger partial charge is 0.336 e. The third kappa shape index (κ3) is 5.42. The zero-order valence-corrected chi connectivity index (χ0v) is 16.5. The largest absolute Gasteiger partial charge is 0.454 e. The Morgan fingerprint density at radius 1 is 1.04 bits per heavy atom. The molecule has 0 bridgehead atoms. The van der Waals surface area contributed by atoms with Crippen LogP contribution in [0.15, 0.2) is 53.5 Å². The number of hydrogen-bond donors (Lipinski definition) is 0. The van der Waals surface area contributed by atoms with Crippen molar-refractivity contribution in [3.8, 4) is 11.5 Å². The predicted octanol–water partition coefficient (Wildman–Crippen LogP) is 5.00. The number of hydrogen-bond acceptors (Lipinski definition) is 6. The molecule has 0 saturated heterocycles. The Morgan fingerprint density at radius 3 is 2.44 bits per heavy atom. The summed E-state index contributed by atoms with van der Waals surface area (Å²) < 4.78 is 34.7. The van der Waals surface area contributed by atoms with Gasteiger partial charge in [-0.3, -0.25) is 9.56 Å². The van der Waals surface area contributed by atoms with Crippen molar-refractivity contribution in [2.45, 2.75) is 20.3 Å². The maximum Gasteiger partial charge on any atom is 0.336 e. The van der Waals surface area contributed by atoms with Crippen LogP contribution < -0.4 is 9.47 Å². The van der Waals surface area contributed by atoms with Crippen LogP contribution in [0, 0.1) is 0 Å². The third-order valence-electron chi connectivity index (χ3n) is 3.92. The first kappa shape index (κ1) is 19.6. The molecule has 0 fully saturated rings. The van der Waals surface area contributed by atoms with E-state index in [1.165, 1.54) is 0 Å². The molecule has 0 atom stereocenters. The van der Waals surface area contributed by atoms with Crippen molar-refractivity contribution in [1.29, 1.82) is 0 Å². The lowest BCUT2D eigenvalue weighted by Gasteiger charge is -2.18. The van der Waals surface area contributed by atoms with Gasteiger partial charge in [-0.05, 0) is 31.5 Å². The highest BCUT2D eigenvalue weighted by Gasteiger charge is 2.26. The lowest BCUT2D eigenvalue weighted by molar-refractivity contribution is 0.174. The second kappa shape index (κ2) is 9.18. The van der Waals surface area contributed by atoms with E-state index in [4.69, 9.17) is 23.5 Å². The SMILES string of the molecule is CCOP(=O)(CC(Cc1ccccc1)=Nc1ccc2c(c1)OCO2)OCC. The normalized spacial score (nSPS) is 13.8. The third-order valence-corrected chi connectivity index (χ3v) is 5.98. The van der Waals surface area contributed by atoms with E-state index in [0.29, 0.717) is 36.8 Å². The number of nitrogens with zero attached hydrogens (tertiary/aromatic N) is 1. The van der Waals surface area contributed by atoms with Crippen molar-refractivity contribution >= 4 is 19.0 Å². The summed E-state index contributed by atoms with van der Waals surface area (Å²) >= 11 is 0. The van der Waals surface area contributed by atoms with Crippen LogP contribution in [0.1, 0.15) is 19.4 Å². The molecule has 0 aliphatic carbocycles. The summed E-state index contributed by atoms with van der Waals surface area (Å²) in [6, 6.07) is 15.4. The molecule has 1 heterocycles. The Balaban J connectivity index is 1.90. The highest BCUT2D eigenvalue weighted by atomic mass is 31.2. The van der Waals surface area contributed by atoms with E-state index >= 15 is 0 Å². The van der Waals surface area contributed by atoms with Gasteiger partial charge in [0.15, 0.2) is 11.5 Å². The maximum atomic E-state index is 13.0. The van der Waals surface area contributed by atoms with Crippen LogP contribution in [0.2, 0.25) is 0 Å². The number of ether oxygens (including phenoxy) is 2. The van der Waals surface area contributed by atoms with E-state index < -0.39 is 7.60 Å². The van der Waals surface area contributed by atoms with Gasteiger partial charge in [-0.1, -0.05) is 30.3 Å². The molecule has 1 aliphatic rings. The van der Waals surface area contributed by atoms with Gasteiger partial charge in [0.1, 0.15) is 0 Å². The molecule has 7 heteroatoms. The van der Waals surface area contributed by atoms with Crippen LogP contribution in [0.3, 0.4) is 0 Å². The monoisotopic (exact) mass is 389 g/mol. The summed E-state index contributed by atoms with van der Waals surface area (Å²) in [5, 5.41) is 0. The van der Waals surface area contributed by atoms with Crippen LogP contribution in [0.25, 0.3) is 0 Å². The summed E-state index contributed by atoms with van der Waals surface area (Å²) in [5.74, 6) is 1.36. The Kier molecular flexibility index (Phi) is 6.67. The molecule has 6 nitrogen and oxygen atoms in total. The Hall–Kier alpha value is -2.14. The second-order valence-corrected chi connectivity index (χ2v) is 8.04. The lowest BCUT2D eigenvalue weighted by Crippen LogP contribution is -2.13. The van der Waals surface area contributed by atoms with Crippen LogP contribution in [-0.2, 0) is 20.0 Å². The van der Waals surface area contributed by atoms with Gasteiger partial charge >= 0.3 is 7.60 Å². The number of benzene rings is 2. The minimum absolute atomic E-state index is 0.137. The summed E-state index contributed by atoms with van der Waals surface area (Å²) in [6.07, 6.45) is 0.692. The van der Waals surface area contributed by atoms with Gasteiger partial charge in [-0.25, -0.2) is 0 Å². The van der Waals surface area contributed by atoms with Crippen LogP contribution in [0.4, 0.5) is 5.69 Å². The molecular weight excluding hydrogens is 365 g/mol. The fourth-order valence-corrected chi connectivity index (χ4v) is 4.52. The van der Waals surface area contributed by atoms with Crippen molar-refractivity contribution < 1.29 is 23.1 Å². The van der Waals surface area contributed by atoms with E-state index in [0.717, 1.165) is 11.3 Å². The van der Waals surface area contributed by atoms with Gasteiger partial charge in [0.05, 0.1) is 25.1 Å². The molecule has 0 N–H and O–H groups in total. The molecule has 1 aliphatic heterocycles. The average molecular weight is 389 g/mol. The molecular formula is C20H24NO5P. The van der Waals surface area contributed by atoms with Gasteiger partial charge < -0.3 is 18.5 Å². The number of aliphatic imine (C=N–C) groups is 1. The molecule has 0 aromatic heterocycles. The maximum absolute atomic E-state index is 13.0. The fraction of sp³-hybridized carbons (Fsp3) is 0.350. The average Bonchev–Trinajstić information content (AvgIpc) is 3.10. The standard InChI is InChI=1S/C20H24NO5P/c1-3-25-27(22,26-4-2)14-18(12-16-8-6-5-7-9-16)21-17-10-11-19-20(13-17)24-15-23-19/h5-11,13H,3-4,12,14-15H2,1-2H3. The molecule has 3 rings (SSSR count). The topological polar surface area (TPSA) is 66.4 Å². The first-order chi connectivity index (χ1) is 13.1.